The van der Waals surface area contributed by atoms with Gasteiger partial charge in [0.05, 0.1) is 6.10 Å². The normalized spacial score (nSPS) is 12.0. The highest BCUT2D eigenvalue weighted by Crippen LogP contribution is 2.13. The summed E-state index contributed by atoms with van der Waals surface area (Å²) in [5.74, 6) is 2.39. The zero-order chi connectivity index (χ0) is 8.10. The van der Waals surface area contributed by atoms with Gasteiger partial charge in [0.25, 0.3) is 0 Å². The number of aliphatic hydroxyl groups excluding tert-OH is 1. The Morgan fingerprint density at radius 2 is 2.55 bits per heavy atom. The number of aliphatic hydroxyl groups is 1. The highest BCUT2D eigenvalue weighted by Gasteiger charge is 2.03. The smallest absolute Gasteiger partial charge is 0.0913 e. The summed E-state index contributed by atoms with van der Waals surface area (Å²) >= 11 is 0. The Kier molecular flexibility index (Phi) is 2.65. The lowest BCUT2D eigenvalue weighted by molar-refractivity contribution is 0.183. The largest absolute Gasteiger partial charge is 0.387 e. The van der Waals surface area contributed by atoms with Crippen molar-refractivity contribution in [3.8, 4) is 12.3 Å². The van der Waals surface area contributed by atoms with Gasteiger partial charge in [0.15, 0.2) is 0 Å². The van der Waals surface area contributed by atoms with E-state index in [0.29, 0.717) is 6.42 Å². The quantitative estimate of drug-likeness (QED) is 0.636. The molecule has 0 bridgehead atoms. The Balaban J connectivity index is 2.70. The van der Waals surface area contributed by atoms with Crippen molar-refractivity contribution in [3.63, 3.8) is 0 Å². The van der Waals surface area contributed by atoms with E-state index in [-0.39, 0.29) is 0 Å². The molecule has 1 aromatic rings. The maximum absolute atomic E-state index is 9.34. The molecule has 1 heterocycles. The van der Waals surface area contributed by atoms with E-state index in [1.165, 1.54) is 0 Å². The van der Waals surface area contributed by atoms with Crippen LogP contribution in [0.25, 0.3) is 0 Å². The van der Waals surface area contributed by atoms with Gasteiger partial charge in [-0.05, 0) is 11.6 Å². The van der Waals surface area contributed by atoms with Crippen molar-refractivity contribution < 1.29 is 5.11 Å². The Morgan fingerprint density at radius 3 is 3.09 bits per heavy atom. The van der Waals surface area contributed by atoms with Gasteiger partial charge in [-0.3, -0.25) is 4.98 Å². The predicted molar refractivity (Wildman–Crippen MR) is 42.6 cm³/mol. The number of hydrogen-bond acceptors (Lipinski definition) is 2. The summed E-state index contributed by atoms with van der Waals surface area (Å²) in [5.41, 5.74) is 0.769. The second-order valence-corrected chi connectivity index (χ2v) is 2.21. The first-order valence-electron chi connectivity index (χ1n) is 3.36. The number of rotatable bonds is 2. The Bertz CT molecular complexity index is 250. The predicted octanol–water partition coefficient (Wildman–Crippen LogP) is 1.14. The van der Waals surface area contributed by atoms with E-state index in [1.54, 1.807) is 24.5 Å². The third-order valence-electron chi connectivity index (χ3n) is 1.38. The zero-order valence-electron chi connectivity index (χ0n) is 6.07. The van der Waals surface area contributed by atoms with Crippen LogP contribution in [0, 0.1) is 12.3 Å². The monoisotopic (exact) mass is 147 g/mol. The van der Waals surface area contributed by atoms with Crippen LogP contribution in [0.1, 0.15) is 18.1 Å². The lowest BCUT2D eigenvalue weighted by Crippen LogP contribution is -1.95. The van der Waals surface area contributed by atoms with Gasteiger partial charge in [0.2, 0.25) is 0 Å². The topological polar surface area (TPSA) is 33.1 Å². The van der Waals surface area contributed by atoms with E-state index >= 15 is 0 Å². The average Bonchev–Trinajstić information content (AvgIpc) is 2.07. The molecule has 1 N–H and O–H groups in total. The lowest BCUT2D eigenvalue weighted by Gasteiger charge is -2.04. The fourth-order valence-corrected chi connectivity index (χ4v) is 0.803. The number of terminal acetylenes is 1. The van der Waals surface area contributed by atoms with Crippen LogP contribution in [0.4, 0.5) is 0 Å². The van der Waals surface area contributed by atoms with Gasteiger partial charge in [-0.1, -0.05) is 6.07 Å². The van der Waals surface area contributed by atoms with Crippen LogP contribution in [0.15, 0.2) is 24.5 Å². The second kappa shape index (κ2) is 3.75. The molecule has 1 rings (SSSR count). The average molecular weight is 147 g/mol. The summed E-state index contributed by atoms with van der Waals surface area (Å²) in [5, 5.41) is 9.34. The third-order valence-corrected chi connectivity index (χ3v) is 1.38. The van der Waals surface area contributed by atoms with Crippen molar-refractivity contribution in [1.29, 1.82) is 0 Å². The highest BCUT2D eigenvalue weighted by atomic mass is 16.3. The maximum Gasteiger partial charge on any atom is 0.0913 e. The van der Waals surface area contributed by atoms with Gasteiger partial charge in [0, 0.05) is 18.8 Å². The summed E-state index contributed by atoms with van der Waals surface area (Å²) in [7, 11) is 0. The number of hydrogen-bond donors (Lipinski definition) is 1. The minimum Gasteiger partial charge on any atom is -0.387 e. The van der Waals surface area contributed by atoms with Gasteiger partial charge >= 0.3 is 0 Å². The van der Waals surface area contributed by atoms with Gasteiger partial charge in [0.1, 0.15) is 0 Å². The molecular formula is C9H9NO. The maximum atomic E-state index is 9.34. The van der Waals surface area contributed by atoms with Crippen molar-refractivity contribution >= 4 is 0 Å². The van der Waals surface area contributed by atoms with Crippen LogP contribution in [-0.4, -0.2) is 10.1 Å². The van der Waals surface area contributed by atoms with Gasteiger partial charge in [-0.15, -0.1) is 12.3 Å². The molecule has 0 amide bonds. The van der Waals surface area contributed by atoms with E-state index in [1.807, 2.05) is 0 Å². The SMILES string of the molecule is C#CC[C@@H](O)c1cccnc1. The standard InChI is InChI=1S/C9H9NO/c1-2-4-9(11)8-5-3-6-10-7-8/h1,3,5-7,9,11H,4H2/t9-/m1/s1. The van der Waals surface area contributed by atoms with Crippen LogP contribution in [0.3, 0.4) is 0 Å². The summed E-state index contributed by atoms with van der Waals surface area (Å²) in [4.78, 5) is 3.86. The molecule has 11 heavy (non-hydrogen) atoms. The molecule has 0 aromatic carbocycles. The molecule has 0 aliphatic carbocycles. The first-order chi connectivity index (χ1) is 5.34. The first kappa shape index (κ1) is 7.77. The van der Waals surface area contributed by atoms with Crippen LogP contribution in [-0.2, 0) is 0 Å². The number of aromatic nitrogens is 1. The Labute approximate surface area is 65.9 Å². The fraction of sp³-hybridized carbons (Fsp3) is 0.222. The van der Waals surface area contributed by atoms with E-state index in [9.17, 15) is 5.11 Å². The van der Waals surface area contributed by atoms with Crippen LogP contribution < -0.4 is 0 Å². The fourth-order valence-electron chi connectivity index (χ4n) is 0.803. The van der Waals surface area contributed by atoms with E-state index in [2.05, 4.69) is 10.9 Å². The minimum atomic E-state index is -0.575. The molecular weight excluding hydrogens is 138 g/mol. The van der Waals surface area contributed by atoms with Crippen molar-refractivity contribution in [1.82, 2.24) is 4.98 Å². The molecule has 0 fully saturated rings. The zero-order valence-corrected chi connectivity index (χ0v) is 6.07. The van der Waals surface area contributed by atoms with E-state index in [0.717, 1.165) is 5.56 Å². The van der Waals surface area contributed by atoms with E-state index in [4.69, 9.17) is 6.42 Å². The second-order valence-electron chi connectivity index (χ2n) is 2.21. The minimum absolute atomic E-state index is 0.339. The van der Waals surface area contributed by atoms with Crippen LogP contribution in [0.5, 0.6) is 0 Å². The van der Waals surface area contributed by atoms with Crippen LogP contribution in [0.2, 0.25) is 0 Å². The Morgan fingerprint density at radius 1 is 1.73 bits per heavy atom. The van der Waals surface area contributed by atoms with Gasteiger partial charge in [-0.25, -0.2) is 0 Å². The summed E-state index contributed by atoms with van der Waals surface area (Å²) in [6.07, 6.45) is 8.07. The van der Waals surface area contributed by atoms with Gasteiger partial charge in [-0.2, -0.15) is 0 Å². The summed E-state index contributed by atoms with van der Waals surface area (Å²) in [6, 6.07) is 3.57. The van der Waals surface area contributed by atoms with Crippen molar-refractivity contribution in [2.24, 2.45) is 0 Å². The summed E-state index contributed by atoms with van der Waals surface area (Å²) in [6.45, 7) is 0. The molecule has 0 saturated carbocycles. The Hall–Kier alpha value is -1.33. The van der Waals surface area contributed by atoms with E-state index < -0.39 is 6.10 Å². The highest BCUT2D eigenvalue weighted by molar-refractivity contribution is 5.13. The lowest BCUT2D eigenvalue weighted by atomic mass is 10.1. The van der Waals surface area contributed by atoms with Crippen LogP contribution >= 0.6 is 0 Å². The molecule has 0 aliphatic heterocycles. The molecule has 0 unspecified atom stereocenters. The molecule has 1 atom stereocenters. The molecule has 2 nitrogen and oxygen atoms in total. The molecule has 0 radical (unpaired) electrons. The molecule has 0 spiro atoms. The van der Waals surface area contributed by atoms with Gasteiger partial charge < -0.3 is 5.11 Å². The number of pyridine rings is 1. The number of nitrogens with zero attached hydrogens (tertiary/aromatic N) is 1. The molecule has 56 valence electrons. The third kappa shape index (κ3) is 2.06. The van der Waals surface area contributed by atoms with Crippen molar-refractivity contribution in [3.05, 3.63) is 30.1 Å². The first-order valence-corrected chi connectivity index (χ1v) is 3.36. The van der Waals surface area contributed by atoms with Crippen molar-refractivity contribution in [2.45, 2.75) is 12.5 Å². The molecule has 2 heteroatoms. The molecule has 0 aliphatic rings. The molecule has 0 saturated heterocycles. The van der Waals surface area contributed by atoms with Crippen molar-refractivity contribution in [2.75, 3.05) is 0 Å². The molecule has 1 aromatic heterocycles. The summed E-state index contributed by atoms with van der Waals surface area (Å²) < 4.78 is 0.